The second-order valence-corrected chi connectivity index (χ2v) is 4.68. The van der Waals surface area contributed by atoms with Gasteiger partial charge in [-0.1, -0.05) is 0 Å². The first kappa shape index (κ1) is 13.9. The Morgan fingerprint density at radius 3 is 1.10 bits per heavy atom. The molecule has 0 aliphatic carbocycles. The maximum atomic E-state index is 9.53. The number of hydrogen-bond donors (Lipinski definition) is 2. The molecule has 0 saturated heterocycles. The Labute approximate surface area is 88.1 Å². The van der Waals surface area contributed by atoms with Gasteiger partial charge in [0.1, 0.15) is 0 Å². The molecule has 0 atom stereocenters. The van der Waals surface area contributed by atoms with Crippen LogP contribution in [0.3, 0.4) is 0 Å². The molecule has 0 aliphatic heterocycles. The zero-order chi connectivity index (χ0) is 7.71. The van der Waals surface area contributed by atoms with E-state index in [2.05, 4.69) is 2.84 Å². The van der Waals surface area contributed by atoms with Crippen LogP contribution in [0.25, 0.3) is 0 Å². The van der Waals surface area contributed by atoms with Crippen molar-refractivity contribution in [2.24, 2.45) is 0 Å². The zero-order valence-corrected chi connectivity index (χ0v) is 10.5. The van der Waals surface area contributed by atoms with E-state index in [0.717, 1.165) is 0 Å². The molecule has 0 spiro atoms. The summed E-state index contributed by atoms with van der Waals surface area (Å²) < 4.78 is 56.3. The summed E-state index contributed by atoms with van der Waals surface area (Å²) in [5.41, 5.74) is 0. The van der Waals surface area contributed by atoms with Crippen LogP contribution < -0.4 is 0 Å². The maximum absolute atomic E-state index is 9.53. The molecule has 1 radical (unpaired) electrons. The predicted molar refractivity (Wildman–Crippen MR) is 8.27 cm³/mol. The molecule has 0 fully saturated rings. The number of rotatable bonds is 2. The minimum absolute atomic E-state index is 0. The van der Waals surface area contributed by atoms with Crippen LogP contribution in [0, 0.1) is 35.6 Å². The van der Waals surface area contributed by atoms with E-state index in [9.17, 15) is 15.2 Å². The Morgan fingerprint density at radius 2 is 1.10 bits per heavy atom. The fourth-order valence-corrected chi connectivity index (χ4v) is 1.85. The molecular weight excluding hydrogens is 355 g/mol. The second-order valence-electron chi connectivity index (χ2n) is 0.924. The zero-order valence-electron chi connectivity index (χ0n) is 4.33. The summed E-state index contributed by atoms with van der Waals surface area (Å²) >= 11 is -11.5. The van der Waals surface area contributed by atoms with Crippen LogP contribution in [-0.4, -0.2) is 8.32 Å². The van der Waals surface area contributed by atoms with Crippen LogP contribution in [0.4, 0.5) is 0 Å². The van der Waals surface area contributed by atoms with Gasteiger partial charge in [-0.3, -0.25) is 0 Å². The topological polar surface area (TPSA) is 118 Å². The van der Waals surface area contributed by atoms with E-state index in [1.165, 1.54) is 0 Å². The molecule has 0 aromatic rings. The molecule has 0 rings (SSSR count). The van der Waals surface area contributed by atoms with E-state index in [-0.39, 0.29) is 35.6 Å². The Balaban J connectivity index is 0. The van der Waals surface area contributed by atoms with Gasteiger partial charge in [-0.15, -0.1) is 0 Å². The Bertz CT molecular complexity index is 237. The van der Waals surface area contributed by atoms with Gasteiger partial charge in [-0.2, -0.15) is 0 Å². The molecular formula is H2Cr2LaO7. The Kier molecular flexibility index (Phi) is 6.10. The van der Waals surface area contributed by atoms with E-state index in [1.807, 2.05) is 0 Å². The Morgan fingerprint density at radius 1 is 0.900 bits per heavy atom. The van der Waals surface area contributed by atoms with Crippen molar-refractivity contribution in [1.82, 2.24) is 0 Å². The van der Waals surface area contributed by atoms with Gasteiger partial charge in [-0.25, -0.2) is 0 Å². The normalized spacial score (nSPS) is 12.2. The van der Waals surface area contributed by atoms with Crippen LogP contribution >= 0.6 is 0 Å². The van der Waals surface area contributed by atoms with Crippen molar-refractivity contribution in [3.8, 4) is 0 Å². The molecule has 2 N–H and O–H groups in total. The minimum atomic E-state index is -5.76. The Hall–Kier alpha value is 1.34. The van der Waals surface area contributed by atoms with Crippen LogP contribution in [0.15, 0.2) is 0 Å². The predicted octanol–water partition coefficient (Wildman–Crippen LogP) is -1.66. The van der Waals surface area contributed by atoms with Crippen molar-refractivity contribution < 1.29 is 89.2 Å². The average molecular weight is 357 g/mol. The molecule has 0 heterocycles. The molecule has 0 aliphatic rings. The van der Waals surface area contributed by atoms with Crippen LogP contribution in [0.1, 0.15) is 0 Å². The van der Waals surface area contributed by atoms with Crippen LogP contribution in [0.5, 0.6) is 0 Å². The van der Waals surface area contributed by atoms with E-state index in [0.29, 0.717) is 0 Å². The molecule has 10 heteroatoms. The average Bonchev–Trinajstić information content (AvgIpc) is 1.14. The van der Waals surface area contributed by atoms with Crippen LogP contribution in [0.2, 0.25) is 0 Å². The van der Waals surface area contributed by atoms with Gasteiger partial charge in [0, 0.05) is 35.6 Å². The summed E-state index contributed by atoms with van der Waals surface area (Å²) in [4.78, 5) is 0. The van der Waals surface area contributed by atoms with E-state index in [1.54, 1.807) is 0 Å². The van der Waals surface area contributed by atoms with Crippen molar-refractivity contribution in [3.63, 3.8) is 0 Å². The first-order chi connectivity index (χ1) is 3.71. The summed E-state index contributed by atoms with van der Waals surface area (Å²) in [6.45, 7) is 0. The van der Waals surface area contributed by atoms with Crippen molar-refractivity contribution in [1.29, 1.82) is 0 Å². The molecule has 0 saturated carbocycles. The van der Waals surface area contributed by atoms with Gasteiger partial charge in [-0.05, 0) is 0 Å². The fraction of sp³-hybridized carbons (Fsp3) is 0. The molecule has 0 aromatic heterocycles. The quantitative estimate of drug-likeness (QED) is 0.607. The van der Waals surface area contributed by atoms with Gasteiger partial charge < -0.3 is 0 Å². The molecule has 10 heavy (non-hydrogen) atoms. The number of hydrogen-bond acceptors (Lipinski definition) is 5. The van der Waals surface area contributed by atoms with Gasteiger partial charge in [0.15, 0.2) is 0 Å². The fourth-order valence-electron chi connectivity index (χ4n) is 0.109. The summed E-state index contributed by atoms with van der Waals surface area (Å²) in [6, 6.07) is 0. The third-order valence-electron chi connectivity index (χ3n) is 0.172. The molecule has 0 amide bonds. The molecule has 0 unspecified atom stereocenters. The summed E-state index contributed by atoms with van der Waals surface area (Å²) in [5.74, 6) is 0. The van der Waals surface area contributed by atoms with E-state index >= 15 is 0 Å². The third-order valence-corrected chi connectivity index (χ3v) is 2.92. The van der Waals surface area contributed by atoms with E-state index in [4.69, 9.17) is 8.32 Å². The second kappa shape index (κ2) is 4.39. The van der Waals surface area contributed by atoms with Gasteiger partial charge in [0.25, 0.3) is 0 Å². The van der Waals surface area contributed by atoms with Crippen LogP contribution in [-0.2, 0) is 45.3 Å². The first-order valence-corrected chi connectivity index (χ1v) is 5.63. The molecule has 0 bridgehead atoms. The molecule has 0 aromatic carbocycles. The molecule has 59 valence electrons. The van der Waals surface area contributed by atoms with Gasteiger partial charge in [0.05, 0.1) is 0 Å². The summed E-state index contributed by atoms with van der Waals surface area (Å²) in [7, 11) is 0. The summed E-state index contributed by atoms with van der Waals surface area (Å²) in [5, 5.41) is 0. The monoisotopic (exact) mass is 357 g/mol. The van der Waals surface area contributed by atoms with Gasteiger partial charge >= 0.3 is 53.6 Å². The summed E-state index contributed by atoms with van der Waals surface area (Å²) in [6.07, 6.45) is 0. The van der Waals surface area contributed by atoms with E-state index < -0.39 is 27.2 Å². The SMILES string of the molecule is [La].[O]=[Cr](=[O])([OH])[O][Cr](=[O])(=[O])[OH]. The van der Waals surface area contributed by atoms with Gasteiger partial charge in [0.2, 0.25) is 0 Å². The standard InChI is InChI=1S/2Cr.La.2H2O.5O/h;;;2*1H2;;;;;/q2*+1;;;;;;;;/p-2. The van der Waals surface area contributed by atoms with Crippen molar-refractivity contribution in [2.75, 3.05) is 0 Å². The van der Waals surface area contributed by atoms with Crippen molar-refractivity contribution >= 4 is 0 Å². The van der Waals surface area contributed by atoms with Crippen molar-refractivity contribution in [2.45, 2.75) is 0 Å². The van der Waals surface area contributed by atoms with Crippen molar-refractivity contribution in [3.05, 3.63) is 0 Å². The first-order valence-electron chi connectivity index (χ1n) is 1.37. The molecule has 7 nitrogen and oxygen atoms in total. The third kappa shape index (κ3) is 12.1.